The number of carbonyl (C=O) groups is 2. The molecule has 4 heteroatoms. The summed E-state index contributed by atoms with van der Waals surface area (Å²) in [4.78, 5) is 29.0. The molecule has 0 bridgehead atoms. The van der Waals surface area contributed by atoms with Gasteiger partial charge < -0.3 is 9.80 Å². The predicted molar refractivity (Wildman–Crippen MR) is 94.6 cm³/mol. The Morgan fingerprint density at radius 3 is 2.25 bits per heavy atom. The van der Waals surface area contributed by atoms with Gasteiger partial charge in [0.25, 0.3) is 0 Å². The highest BCUT2D eigenvalue weighted by atomic mass is 16.2. The third-order valence-corrected chi connectivity index (χ3v) is 5.50. The van der Waals surface area contributed by atoms with Crippen molar-refractivity contribution in [2.24, 2.45) is 5.92 Å². The summed E-state index contributed by atoms with van der Waals surface area (Å²) in [6.45, 7) is 4.76. The molecule has 1 saturated heterocycles. The average Bonchev–Trinajstić information content (AvgIpc) is 2.64. The molecule has 0 unspecified atom stereocenters. The molecular weight excluding hydrogens is 300 g/mol. The monoisotopic (exact) mass is 328 g/mol. The van der Waals surface area contributed by atoms with E-state index in [2.05, 4.69) is 0 Å². The second-order valence-electron chi connectivity index (χ2n) is 7.14. The molecule has 1 aromatic rings. The van der Waals surface area contributed by atoms with Gasteiger partial charge in [0.05, 0.1) is 6.42 Å². The number of piperazine rings is 1. The lowest BCUT2D eigenvalue weighted by atomic mass is 9.88. The van der Waals surface area contributed by atoms with E-state index in [0.29, 0.717) is 38.5 Å². The van der Waals surface area contributed by atoms with Gasteiger partial charge >= 0.3 is 0 Å². The van der Waals surface area contributed by atoms with E-state index in [-0.39, 0.29) is 11.8 Å². The van der Waals surface area contributed by atoms with Crippen molar-refractivity contribution < 1.29 is 9.59 Å². The van der Waals surface area contributed by atoms with Crippen molar-refractivity contribution in [2.45, 2.75) is 45.4 Å². The van der Waals surface area contributed by atoms with E-state index in [4.69, 9.17) is 0 Å². The molecule has 24 heavy (non-hydrogen) atoms. The lowest BCUT2D eigenvalue weighted by Gasteiger charge is -2.37. The first-order valence-corrected chi connectivity index (χ1v) is 9.26. The standard InChI is InChI=1S/C20H28N2O2/c1-16-7-5-6-10-18(16)15-19(23)21-11-13-22(14-12-21)20(24)17-8-3-2-4-9-17/h5-7,10,17H,2-4,8-9,11-15H2,1H3. The lowest BCUT2D eigenvalue weighted by Crippen LogP contribution is -2.52. The SMILES string of the molecule is Cc1ccccc1CC(=O)N1CCN(C(=O)C2CCCCC2)CC1. The Morgan fingerprint density at radius 2 is 1.58 bits per heavy atom. The number of carbonyl (C=O) groups excluding carboxylic acids is 2. The largest absolute Gasteiger partial charge is 0.339 e. The summed E-state index contributed by atoms with van der Waals surface area (Å²) in [7, 11) is 0. The molecule has 1 aliphatic heterocycles. The van der Waals surface area contributed by atoms with Gasteiger partial charge in [0.2, 0.25) is 11.8 Å². The summed E-state index contributed by atoms with van der Waals surface area (Å²) < 4.78 is 0. The van der Waals surface area contributed by atoms with Crippen LogP contribution in [0.3, 0.4) is 0 Å². The topological polar surface area (TPSA) is 40.6 Å². The molecule has 0 N–H and O–H groups in total. The fourth-order valence-corrected chi connectivity index (χ4v) is 3.87. The molecule has 3 rings (SSSR count). The highest BCUT2D eigenvalue weighted by Gasteiger charge is 2.29. The Labute approximate surface area is 144 Å². The van der Waals surface area contributed by atoms with E-state index in [1.165, 1.54) is 19.3 Å². The Hall–Kier alpha value is -1.84. The highest BCUT2D eigenvalue weighted by molar-refractivity contribution is 5.81. The van der Waals surface area contributed by atoms with Crippen molar-refractivity contribution in [1.29, 1.82) is 0 Å². The molecular formula is C20H28N2O2. The zero-order chi connectivity index (χ0) is 16.9. The van der Waals surface area contributed by atoms with E-state index < -0.39 is 0 Å². The van der Waals surface area contributed by atoms with Crippen LogP contribution in [0, 0.1) is 12.8 Å². The maximum absolute atomic E-state index is 12.6. The minimum Gasteiger partial charge on any atom is -0.339 e. The van der Waals surface area contributed by atoms with Gasteiger partial charge in [-0.1, -0.05) is 43.5 Å². The molecule has 1 aromatic carbocycles. The van der Waals surface area contributed by atoms with Gasteiger partial charge in [0, 0.05) is 32.1 Å². The van der Waals surface area contributed by atoms with Crippen molar-refractivity contribution >= 4 is 11.8 Å². The smallest absolute Gasteiger partial charge is 0.227 e. The van der Waals surface area contributed by atoms with Crippen LogP contribution in [0.4, 0.5) is 0 Å². The molecule has 0 spiro atoms. The second-order valence-corrected chi connectivity index (χ2v) is 7.14. The zero-order valence-corrected chi connectivity index (χ0v) is 14.7. The van der Waals surface area contributed by atoms with Crippen LogP contribution < -0.4 is 0 Å². The van der Waals surface area contributed by atoms with Crippen LogP contribution in [-0.2, 0) is 16.0 Å². The maximum Gasteiger partial charge on any atom is 0.227 e. The van der Waals surface area contributed by atoms with Crippen LogP contribution in [0.5, 0.6) is 0 Å². The number of hydrogen-bond acceptors (Lipinski definition) is 2. The van der Waals surface area contributed by atoms with Crippen LogP contribution in [0.15, 0.2) is 24.3 Å². The Bertz CT molecular complexity index is 585. The number of benzene rings is 1. The van der Waals surface area contributed by atoms with E-state index in [0.717, 1.165) is 24.0 Å². The average molecular weight is 328 g/mol. The molecule has 2 aliphatic rings. The Balaban J connectivity index is 1.50. The number of rotatable bonds is 3. The molecule has 0 radical (unpaired) electrons. The normalized spacial score (nSPS) is 19.4. The molecule has 2 fully saturated rings. The van der Waals surface area contributed by atoms with Gasteiger partial charge in [-0.25, -0.2) is 0 Å². The van der Waals surface area contributed by atoms with E-state index in [1.54, 1.807) is 0 Å². The van der Waals surface area contributed by atoms with Crippen LogP contribution in [0.25, 0.3) is 0 Å². The number of nitrogens with zero attached hydrogens (tertiary/aromatic N) is 2. The molecule has 0 atom stereocenters. The van der Waals surface area contributed by atoms with Crippen molar-refractivity contribution in [1.82, 2.24) is 9.80 Å². The quantitative estimate of drug-likeness (QED) is 0.856. The van der Waals surface area contributed by atoms with Crippen LogP contribution in [0.2, 0.25) is 0 Å². The molecule has 1 saturated carbocycles. The Morgan fingerprint density at radius 1 is 0.958 bits per heavy atom. The summed E-state index contributed by atoms with van der Waals surface area (Å²) in [5.41, 5.74) is 2.26. The number of amides is 2. The van der Waals surface area contributed by atoms with Gasteiger partial charge in [-0.2, -0.15) is 0 Å². The molecule has 4 nitrogen and oxygen atoms in total. The molecule has 0 aromatic heterocycles. The van der Waals surface area contributed by atoms with Crippen LogP contribution in [-0.4, -0.2) is 47.8 Å². The van der Waals surface area contributed by atoms with Gasteiger partial charge in [0.1, 0.15) is 0 Å². The molecule has 130 valence electrons. The van der Waals surface area contributed by atoms with Gasteiger partial charge in [-0.3, -0.25) is 9.59 Å². The minimum absolute atomic E-state index is 0.175. The van der Waals surface area contributed by atoms with Crippen molar-refractivity contribution in [3.05, 3.63) is 35.4 Å². The molecule has 2 amide bonds. The predicted octanol–water partition coefficient (Wildman–Crippen LogP) is 2.79. The van der Waals surface area contributed by atoms with Gasteiger partial charge in [-0.05, 0) is 30.9 Å². The summed E-state index contributed by atoms with van der Waals surface area (Å²) >= 11 is 0. The van der Waals surface area contributed by atoms with Crippen molar-refractivity contribution in [3.8, 4) is 0 Å². The van der Waals surface area contributed by atoms with E-state index in [9.17, 15) is 9.59 Å². The fraction of sp³-hybridized carbons (Fsp3) is 0.600. The minimum atomic E-state index is 0.175. The fourth-order valence-electron chi connectivity index (χ4n) is 3.87. The summed E-state index contributed by atoms with van der Waals surface area (Å²) in [6.07, 6.45) is 6.20. The summed E-state index contributed by atoms with van der Waals surface area (Å²) in [5.74, 6) is 0.725. The van der Waals surface area contributed by atoms with Gasteiger partial charge in [-0.15, -0.1) is 0 Å². The maximum atomic E-state index is 12.6. The van der Waals surface area contributed by atoms with Crippen molar-refractivity contribution in [3.63, 3.8) is 0 Å². The number of hydrogen-bond donors (Lipinski definition) is 0. The number of aryl methyl sites for hydroxylation is 1. The first kappa shape index (κ1) is 17.0. The van der Waals surface area contributed by atoms with E-state index in [1.807, 2.05) is 41.0 Å². The Kier molecular flexibility index (Phi) is 5.54. The first-order valence-electron chi connectivity index (χ1n) is 9.26. The zero-order valence-electron chi connectivity index (χ0n) is 14.7. The van der Waals surface area contributed by atoms with Crippen LogP contribution in [0.1, 0.15) is 43.2 Å². The summed E-state index contributed by atoms with van der Waals surface area (Å²) in [5, 5.41) is 0. The van der Waals surface area contributed by atoms with Crippen molar-refractivity contribution in [2.75, 3.05) is 26.2 Å². The molecule has 1 heterocycles. The molecule has 1 aliphatic carbocycles. The highest BCUT2D eigenvalue weighted by Crippen LogP contribution is 2.25. The van der Waals surface area contributed by atoms with Crippen LogP contribution >= 0.6 is 0 Å². The van der Waals surface area contributed by atoms with Gasteiger partial charge in [0.15, 0.2) is 0 Å². The third-order valence-electron chi connectivity index (χ3n) is 5.50. The third kappa shape index (κ3) is 3.97. The lowest BCUT2D eigenvalue weighted by molar-refractivity contribution is -0.142. The van der Waals surface area contributed by atoms with E-state index >= 15 is 0 Å². The second kappa shape index (κ2) is 7.82. The first-order chi connectivity index (χ1) is 11.6. The summed E-state index contributed by atoms with van der Waals surface area (Å²) in [6, 6.07) is 8.05.